The third kappa shape index (κ3) is 5.38. The smallest absolute Gasteiger partial charge is 0.259 e. The van der Waals surface area contributed by atoms with Crippen molar-refractivity contribution < 1.29 is 19.1 Å². The van der Waals surface area contributed by atoms with Gasteiger partial charge in [0.1, 0.15) is 17.6 Å². The van der Waals surface area contributed by atoms with Crippen LogP contribution in [-0.4, -0.2) is 52.4 Å². The van der Waals surface area contributed by atoms with E-state index in [4.69, 9.17) is 9.73 Å². The number of nitrogens with zero attached hydrogens (tertiary/aromatic N) is 3. The summed E-state index contributed by atoms with van der Waals surface area (Å²) in [5.74, 6) is 0.880. The van der Waals surface area contributed by atoms with Crippen molar-refractivity contribution >= 4 is 46.1 Å². The van der Waals surface area contributed by atoms with Crippen LogP contribution in [0.15, 0.2) is 88.8 Å². The molecule has 1 N–H and O–H groups in total. The maximum Gasteiger partial charge on any atom is 0.259 e. The van der Waals surface area contributed by atoms with Gasteiger partial charge in [0.05, 0.1) is 18.6 Å². The van der Waals surface area contributed by atoms with Gasteiger partial charge in [-0.1, -0.05) is 72.4 Å². The summed E-state index contributed by atoms with van der Waals surface area (Å²) in [6.07, 6.45) is 0.406. The number of Topliss-reactive ketones (excluding diaryl/α,β-unsaturated/α-hetero) is 1. The average Bonchev–Trinajstić information content (AvgIpc) is 3.30. The Balaban J connectivity index is 1.26. The molecule has 0 fully saturated rings. The number of fused-ring (bicyclic) bond motifs is 3. The van der Waals surface area contributed by atoms with Crippen LogP contribution < -0.4 is 10.1 Å². The van der Waals surface area contributed by atoms with Crippen LogP contribution in [0.5, 0.6) is 5.75 Å². The van der Waals surface area contributed by atoms with E-state index in [1.54, 1.807) is 19.2 Å². The molecule has 8 nitrogen and oxygen atoms in total. The monoisotopic (exact) mass is 526 g/mol. The number of rotatable bonds is 9. The van der Waals surface area contributed by atoms with Crippen LogP contribution in [0.25, 0.3) is 0 Å². The summed E-state index contributed by atoms with van der Waals surface area (Å²) < 4.78 is 5.33. The van der Waals surface area contributed by atoms with Crippen LogP contribution in [0.1, 0.15) is 34.3 Å². The number of amides is 2. The molecule has 38 heavy (non-hydrogen) atoms. The van der Waals surface area contributed by atoms with E-state index in [1.807, 2.05) is 66.7 Å². The highest BCUT2D eigenvalue weighted by Gasteiger charge is 2.41. The fourth-order valence-electron chi connectivity index (χ4n) is 4.32. The summed E-state index contributed by atoms with van der Waals surface area (Å²) in [6.45, 7) is 0.332. The largest absolute Gasteiger partial charge is 0.496 e. The molecule has 0 radical (unpaired) electrons. The molecule has 2 aliphatic heterocycles. The Hall–Kier alpha value is -4.24. The van der Waals surface area contributed by atoms with E-state index in [0.29, 0.717) is 34.5 Å². The number of benzene rings is 3. The molecule has 9 heteroatoms. The zero-order valence-electron chi connectivity index (χ0n) is 20.8. The SMILES string of the molecule is COc1ccccc1CNC(=O)CCC1N=C2c3ccccc3N=C(SCC(=O)c3ccccc3)N2C1=O. The quantitative estimate of drug-likeness (QED) is 0.418. The zero-order valence-corrected chi connectivity index (χ0v) is 21.6. The van der Waals surface area contributed by atoms with Crippen molar-refractivity contribution in [3.05, 3.63) is 95.6 Å². The second kappa shape index (κ2) is 11.4. The van der Waals surface area contributed by atoms with Crippen molar-refractivity contribution in [3.63, 3.8) is 0 Å². The lowest BCUT2D eigenvalue weighted by molar-refractivity contribution is -0.125. The Kier molecular flexibility index (Phi) is 7.65. The Morgan fingerprint density at radius 1 is 1.00 bits per heavy atom. The van der Waals surface area contributed by atoms with Gasteiger partial charge in [-0.3, -0.25) is 19.4 Å². The predicted molar refractivity (Wildman–Crippen MR) is 148 cm³/mol. The minimum Gasteiger partial charge on any atom is -0.496 e. The molecule has 2 amide bonds. The van der Waals surface area contributed by atoms with Crippen LogP contribution in [0.2, 0.25) is 0 Å². The van der Waals surface area contributed by atoms with Crippen LogP contribution in [-0.2, 0) is 16.1 Å². The highest BCUT2D eigenvalue weighted by molar-refractivity contribution is 8.14. The number of nitrogens with one attached hydrogen (secondary N) is 1. The molecule has 5 rings (SSSR count). The number of hydrogen-bond acceptors (Lipinski definition) is 7. The molecular formula is C29H26N4O4S. The number of ether oxygens (including phenoxy) is 1. The summed E-state index contributed by atoms with van der Waals surface area (Å²) in [5.41, 5.74) is 2.93. The number of thioether (sulfide) groups is 1. The van der Waals surface area contributed by atoms with Crippen LogP contribution in [0, 0.1) is 0 Å². The van der Waals surface area contributed by atoms with Gasteiger partial charge in [0.2, 0.25) is 5.91 Å². The summed E-state index contributed by atoms with van der Waals surface area (Å²) in [5, 5.41) is 3.31. The molecular weight excluding hydrogens is 500 g/mol. The van der Waals surface area contributed by atoms with Crippen LogP contribution in [0.4, 0.5) is 5.69 Å². The van der Waals surface area contributed by atoms with Gasteiger partial charge in [-0.05, 0) is 24.6 Å². The maximum atomic E-state index is 13.4. The lowest BCUT2D eigenvalue weighted by Gasteiger charge is -2.25. The van der Waals surface area contributed by atoms with E-state index in [9.17, 15) is 14.4 Å². The molecule has 0 saturated heterocycles. The molecule has 3 aromatic carbocycles. The third-order valence-corrected chi connectivity index (χ3v) is 7.23. The molecule has 192 valence electrons. The second-order valence-electron chi connectivity index (χ2n) is 8.76. The number of carbonyl (C=O) groups is 3. The van der Waals surface area contributed by atoms with Crippen molar-refractivity contribution in [1.82, 2.24) is 10.2 Å². The topological polar surface area (TPSA) is 100 Å². The lowest BCUT2D eigenvalue weighted by atomic mass is 10.1. The number of para-hydroxylation sites is 2. The summed E-state index contributed by atoms with van der Waals surface area (Å²) >= 11 is 1.21. The Morgan fingerprint density at radius 2 is 1.74 bits per heavy atom. The van der Waals surface area contributed by atoms with E-state index < -0.39 is 6.04 Å². The highest BCUT2D eigenvalue weighted by Crippen LogP contribution is 2.34. The van der Waals surface area contributed by atoms with Crippen molar-refractivity contribution in [3.8, 4) is 5.75 Å². The van der Waals surface area contributed by atoms with Gasteiger partial charge >= 0.3 is 0 Å². The van der Waals surface area contributed by atoms with E-state index in [2.05, 4.69) is 10.3 Å². The minimum absolute atomic E-state index is 0.0504. The van der Waals surface area contributed by atoms with E-state index in [0.717, 1.165) is 11.1 Å². The molecule has 0 saturated carbocycles. The Labute approximate surface area is 224 Å². The van der Waals surface area contributed by atoms with Crippen molar-refractivity contribution in [2.75, 3.05) is 12.9 Å². The van der Waals surface area contributed by atoms with Crippen molar-refractivity contribution in [1.29, 1.82) is 0 Å². The van der Waals surface area contributed by atoms with Gasteiger partial charge in [0.25, 0.3) is 5.91 Å². The van der Waals surface area contributed by atoms with Crippen LogP contribution in [0.3, 0.4) is 0 Å². The van der Waals surface area contributed by atoms with Crippen LogP contribution >= 0.6 is 11.8 Å². The molecule has 2 aliphatic rings. The highest BCUT2D eigenvalue weighted by atomic mass is 32.2. The molecule has 3 aromatic rings. The summed E-state index contributed by atoms with van der Waals surface area (Å²) in [6, 6.07) is 23.3. The van der Waals surface area contributed by atoms with Gasteiger partial charge < -0.3 is 10.1 Å². The van der Waals surface area contributed by atoms with Gasteiger partial charge in [0, 0.05) is 29.7 Å². The van der Waals surface area contributed by atoms with E-state index >= 15 is 0 Å². The molecule has 2 heterocycles. The van der Waals surface area contributed by atoms with Gasteiger partial charge in [-0.25, -0.2) is 9.89 Å². The molecule has 1 unspecified atom stereocenters. The predicted octanol–water partition coefficient (Wildman–Crippen LogP) is 4.37. The molecule has 0 bridgehead atoms. The average molecular weight is 527 g/mol. The van der Waals surface area contributed by atoms with Crippen molar-refractivity contribution in [2.45, 2.75) is 25.4 Å². The Bertz CT molecular complexity index is 1440. The fourth-order valence-corrected chi connectivity index (χ4v) is 5.22. The van der Waals surface area contributed by atoms with E-state index in [1.165, 1.54) is 16.7 Å². The minimum atomic E-state index is -0.705. The standard InChI is InChI=1S/C29H26N4O4S/c1-37-25-14-8-5-11-20(25)17-30-26(35)16-15-23-28(36)33-27(31-23)21-12-6-7-13-22(21)32-29(33)38-18-24(34)19-9-3-2-4-10-19/h2-14,23H,15-18H2,1H3,(H,30,35). The number of amidine groups is 2. The second-order valence-corrected chi connectivity index (χ2v) is 9.70. The Morgan fingerprint density at radius 3 is 2.55 bits per heavy atom. The number of methoxy groups -OCH3 is 1. The molecule has 0 aromatic heterocycles. The molecule has 0 aliphatic carbocycles. The number of hydrogen-bond donors (Lipinski definition) is 1. The fraction of sp³-hybridized carbons (Fsp3) is 0.207. The number of ketones is 1. The first-order valence-corrected chi connectivity index (χ1v) is 13.2. The first-order valence-electron chi connectivity index (χ1n) is 12.2. The number of aliphatic imine (C=N–C) groups is 2. The summed E-state index contributed by atoms with van der Waals surface area (Å²) in [4.78, 5) is 49.6. The first kappa shape index (κ1) is 25.4. The number of carbonyl (C=O) groups excluding carboxylic acids is 3. The first-order chi connectivity index (χ1) is 18.5. The lowest BCUT2D eigenvalue weighted by Crippen LogP contribution is -2.41. The third-order valence-electron chi connectivity index (χ3n) is 6.29. The zero-order chi connectivity index (χ0) is 26.5. The van der Waals surface area contributed by atoms with Gasteiger partial charge in [-0.2, -0.15) is 0 Å². The van der Waals surface area contributed by atoms with Gasteiger partial charge in [0.15, 0.2) is 11.0 Å². The molecule has 0 spiro atoms. The van der Waals surface area contributed by atoms with Gasteiger partial charge in [-0.15, -0.1) is 0 Å². The maximum absolute atomic E-state index is 13.4. The molecule has 1 atom stereocenters. The normalized spacial score (nSPS) is 15.8. The summed E-state index contributed by atoms with van der Waals surface area (Å²) in [7, 11) is 1.59. The van der Waals surface area contributed by atoms with E-state index in [-0.39, 0.29) is 36.2 Å². The van der Waals surface area contributed by atoms with Crippen molar-refractivity contribution in [2.24, 2.45) is 9.98 Å².